The van der Waals surface area contributed by atoms with E-state index in [1.807, 2.05) is 0 Å². The predicted molar refractivity (Wildman–Crippen MR) is 58.8 cm³/mol. The highest BCUT2D eigenvalue weighted by molar-refractivity contribution is 5.85. The molecule has 1 saturated heterocycles. The quantitative estimate of drug-likeness (QED) is 0.805. The zero-order valence-electron chi connectivity index (χ0n) is 8.24. The second-order valence-electron chi connectivity index (χ2n) is 3.41. The van der Waals surface area contributed by atoms with Crippen molar-refractivity contribution in [3.05, 3.63) is 18.2 Å². The van der Waals surface area contributed by atoms with Gasteiger partial charge in [-0.15, -0.1) is 12.4 Å². The maximum atomic E-state index is 12.5. The second kappa shape index (κ2) is 5.82. The Morgan fingerprint density at radius 2 is 2.13 bits per heavy atom. The molecular weight excluding hydrogens is 219 g/mol. The molecule has 4 nitrogen and oxygen atoms in total. The van der Waals surface area contributed by atoms with Gasteiger partial charge in [0.25, 0.3) is 0 Å². The van der Waals surface area contributed by atoms with E-state index in [-0.39, 0.29) is 12.4 Å². The summed E-state index contributed by atoms with van der Waals surface area (Å²) in [6.45, 7) is 1.99. The van der Waals surface area contributed by atoms with Gasteiger partial charge in [0.05, 0.1) is 12.4 Å². The highest BCUT2D eigenvalue weighted by Crippen LogP contribution is 2.07. The molecule has 0 spiro atoms. The first kappa shape index (κ1) is 12.1. The van der Waals surface area contributed by atoms with Crippen molar-refractivity contribution in [1.82, 2.24) is 15.3 Å². The van der Waals surface area contributed by atoms with Crippen molar-refractivity contribution in [3.8, 4) is 0 Å². The molecule has 1 fully saturated rings. The van der Waals surface area contributed by atoms with Crippen molar-refractivity contribution in [2.75, 3.05) is 18.4 Å². The highest BCUT2D eigenvalue weighted by atomic mass is 35.5. The van der Waals surface area contributed by atoms with Crippen molar-refractivity contribution in [1.29, 1.82) is 0 Å². The maximum absolute atomic E-state index is 12.5. The van der Waals surface area contributed by atoms with Crippen LogP contribution in [-0.2, 0) is 0 Å². The van der Waals surface area contributed by atoms with Gasteiger partial charge in [0.1, 0.15) is 0 Å². The molecule has 0 saturated carbocycles. The third-order valence-electron chi connectivity index (χ3n) is 2.25. The first-order chi connectivity index (χ1) is 6.84. The van der Waals surface area contributed by atoms with E-state index >= 15 is 0 Å². The summed E-state index contributed by atoms with van der Waals surface area (Å²) in [5.41, 5.74) is 0. The van der Waals surface area contributed by atoms with E-state index in [4.69, 9.17) is 0 Å². The molecule has 0 bridgehead atoms. The van der Waals surface area contributed by atoms with Crippen molar-refractivity contribution < 1.29 is 4.39 Å². The lowest BCUT2D eigenvalue weighted by Crippen LogP contribution is -2.38. The van der Waals surface area contributed by atoms with Crippen molar-refractivity contribution >= 4 is 18.4 Å². The van der Waals surface area contributed by atoms with Crippen LogP contribution in [0.2, 0.25) is 0 Å². The molecule has 0 aromatic carbocycles. The molecule has 1 aromatic rings. The lowest BCUT2D eigenvalue weighted by Gasteiger charge is -2.23. The number of nitrogens with one attached hydrogen (secondary N) is 2. The van der Waals surface area contributed by atoms with Crippen LogP contribution in [0.5, 0.6) is 0 Å². The third kappa shape index (κ3) is 3.60. The second-order valence-corrected chi connectivity index (χ2v) is 3.41. The van der Waals surface area contributed by atoms with Gasteiger partial charge in [-0.05, 0) is 19.4 Å². The molecule has 6 heteroatoms. The Morgan fingerprint density at radius 3 is 2.73 bits per heavy atom. The molecule has 2 N–H and O–H groups in total. The normalized spacial score (nSPS) is 20.5. The number of hydrogen-bond donors (Lipinski definition) is 2. The fourth-order valence-corrected chi connectivity index (χ4v) is 1.54. The summed E-state index contributed by atoms with van der Waals surface area (Å²) in [7, 11) is 0. The van der Waals surface area contributed by atoms with Gasteiger partial charge >= 0.3 is 0 Å². The Balaban J connectivity index is 0.00000112. The molecule has 0 radical (unpaired) electrons. The molecule has 1 aliphatic heterocycles. The molecule has 2 heterocycles. The molecule has 84 valence electrons. The van der Waals surface area contributed by atoms with Crippen LogP contribution < -0.4 is 10.6 Å². The van der Waals surface area contributed by atoms with Gasteiger partial charge in [-0.3, -0.25) is 0 Å². The van der Waals surface area contributed by atoms with Gasteiger partial charge in [-0.25, -0.2) is 14.4 Å². The Hall–Kier alpha value is -0.940. The number of halogens is 2. The van der Waals surface area contributed by atoms with Crippen LogP contribution in [0.25, 0.3) is 0 Å². The number of anilines is 1. The van der Waals surface area contributed by atoms with Crippen LogP contribution >= 0.6 is 12.4 Å². The minimum atomic E-state index is -0.405. The fraction of sp³-hybridized carbons (Fsp3) is 0.556. The van der Waals surface area contributed by atoms with Crippen LogP contribution in [0.1, 0.15) is 12.8 Å². The number of nitrogens with zero attached hydrogens (tertiary/aromatic N) is 2. The van der Waals surface area contributed by atoms with Crippen molar-refractivity contribution in [2.45, 2.75) is 18.9 Å². The summed E-state index contributed by atoms with van der Waals surface area (Å²) < 4.78 is 12.5. The summed E-state index contributed by atoms with van der Waals surface area (Å²) in [5, 5.41) is 6.43. The van der Waals surface area contributed by atoms with E-state index in [2.05, 4.69) is 20.6 Å². The summed E-state index contributed by atoms with van der Waals surface area (Å²) in [6.07, 6.45) is 4.60. The van der Waals surface area contributed by atoms with Crippen molar-refractivity contribution in [2.24, 2.45) is 0 Å². The van der Waals surface area contributed by atoms with Gasteiger partial charge in [-0.2, -0.15) is 0 Å². The van der Waals surface area contributed by atoms with E-state index in [1.54, 1.807) is 0 Å². The average molecular weight is 233 g/mol. The summed E-state index contributed by atoms with van der Waals surface area (Å²) in [4.78, 5) is 7.69. The first-order valence-corrected chi connectivity index (χ1v) is 4.79. The van der Waals surface area contributed by atoms with Crippen LogP contribution in [0.3, 0.4) is 0 Å². The van der Waals surface area contributed by atoms with E-state index in [0.717, 1.165) is 25.9 Å². The summed E-state index contributed by atoms with van der Waals surface area (Å²) in [6, 6.07) is 0.356. The highest BCUT2D eigenvalue weighted by Gasteiger charge is 2.13. The predicted octanol–water partition coefficient (Wildman–Crippen LogP) is 1.20. The smallest absolute Gasteiger partial charge is 0.223 e. The maximum Gasteiger partial charge on any atom is 0.223 e. The van der Waals surface area contributed by atoms with E-state index in [1.165, 1.54) is 12.4 Å². The lowest BCUT2D eigenvalue weighted by atomic mass is 10.1. The average Bonchev–Trinajstić information content (AvgIpc) is 2.23. The number of rotatable bonds is 2. The van der Waals surface area contributed by atoms with Crippen LogP contribution in [0, 0.1) is 5.82 Å². The topological polar surface area (TPSA) is 49.8 Å². The Labute approximate surface area is 94.1 Å². The fourth-order valence-electron chi connectivity index (χ4n) is 1.54. The molecule has 1 atom stereocenters. The molecule has 2 rings (SSSR count). The van der Waals surface area contributed by atoms with Gasteiger partial charge in [0.15, 0.2) is 5.82 Å². The largest absolute Gasteiger partial charge is 0.350 e. The Morgan fingerprint density at radius 1 is 1.40 bits per heavy atom. The minimum Gasteiger partial charge on any atom is -0.350 e. The Bertz CT molecular complexity index is 287. The molecular formula is C9H14ClFN4. The van der Waals surface area contributed by atoms with Crippen LogP contribution in [0.4, 0.5) is 10.3 Å². The third-order valence-corrected chi connectivity index (χ3v) is 2.25. The van der Waals surface area contributed by atoms with Crippen LogP contribution in [-0.4, -0.2) is 29.1 Å². The molecule has 15 heavy (non-hydrogen) atoms. The monoisotopic (exact) mass is 232 g/mol. The van der Waals surface area contributed by atoms with E-state index in [0.29, 0.717) is 12.0 Å². The van der Waals surface area contributed by atoms with Gasteiger partial charge in [0.2, 0.25) is 5.95 Å². The number of piperidine rings is 1. The Kier molecular flexibility index (Phi) is 4.71. The zero-order valence-corrected chi connectivity index (χ0v) is 9.06. The summed E-state index contributed by atoms with van der Waals surface area (Å²) in [5.74, 6) is 0.0948. The van der Waals surface area contributed by atoms with Crippen LogP contribution in [0.15, 0.2) is 12.4 Å². The molecule has 1 aromatic heterocycles. The molecule has 0 amide bonds. The molecule has 1 unspecified atom stereocenters. The lowest BCUT2D eigenvalue weighted by molar-refractivity contribution is 0.477. The van der Waals surface area contributed by atoms with Gasteiger partial charge in [-0.1, -0.05) is 0 Å². The van der Waals surface area contributed by atoms with Crippen molar-refractivity contribution in [3.63, 3.8) is 0 Å². The number of aromatic nitrogens is 2. The zero-order chi connectivity index (χ0) is 9.80. The molecule has 1 aliphatic rings. The van der Waals surface area contributed by atoms with Gasteiger partial charge in [0, 0.05) is 12.6 Å². The first-order valence-electron chi connectivity index (χ1n) is 4.79. The van der Waals surface area contributed by atoms with E-state index in [9.17, 15) is 4.39 Å². The number of hydrogen-bond acceptors (Lipinski definition) is 4. The summed E-state index contributed by atoms with van der Waals surface area (Å²) >= 11 is 0. The van der Waals surface area contributed by atoms with E-state index < -0.39 is 5.82 Å². The molecule has 0 aliphatic carbocycles. The minimum absolute atomic E-state index is 0. The SMILES string of the molecule is Cl.Fc1cnc(NC2CCCNC2)nc1. The van der Waals surface area contributed by atoms with Gasteiger partial charge < -0.3 is 10.6 Å². The standard InChI is InChI=1S/C9H13FN4.ClH/c10-7-4-12-9(13-5-7)14-8-2-1-3-11-6-8;/h4-5,8,11H,1-3,6H2,(H,12,13,14);1H.